The number of rotatable bonds is 5. The number of ether oxygens (including phenoxy) is 1. The molecule has 0 aliphatic heterocycles. The molecule has 0 amide bonds. The number of nitrogens with two attached hydrogens (primary N) is 1. The summed E-state index contributed by atoms with van der Waals surface area (Å²) >= 11 is 1.05. The highest BCUT2D eigenvalue weighted by molar-refractivity contribution is 8.00. The van der Waals surface area contributed by atoms with Crippen LogP contribution in [-0.4, -0.2) is 34.4 Å². The molecule has 1 heterocycles. The molecule has 1 aromatic rings. The van der Waals surface area contributed by atoms with Gasteiger partial charge < -0.3 is 15.6 Å². The van der Waals surface area contributed by atoms with E-state index in [1.807, 2.05) is 0 Å². The number of carboxylic acids is 1. The van der Waals surface area contributed by atoms with Gasteiger partial charge in [-0.1, -0.05) is 11.8 Å². The smallest absolute Gasteiger partial charge is 0.337 e. The van der Waals surface area contributed by atoms with E-state index in [4.69, 9.17) is 15.6 Å². The number of pyridine rings is 1. The number of esters is 1. The van der Waals surface area contributed by atoms with Crippen molar-refractivity contribution in [1.29, 1.82) is 0 Å². The predicted octanol–water partition coefficient (Wildman–Crippen LogP) is 1.02. The molecule has 0 saturated carbocycles. The largest absolute Gasteiger partial charge is 0.478 e. The van der Waals surface area contributed by atoms with Crippen molar-refractivity contribution in [3.05, 3.63) is 17.8 Å². The molecule has 0 saturated heterocycles. The zero-order chi connectivity index (χ0) is 12.8. The summed E-state index contributed by atoms with van der Waals surface area (Å²) in [5, 5.41) is 9.16. The van der Waals surface area contributed by atoms with Crippen molar-refractivity contribution in [3.8, 4) is 0 Å². The summed E-state index contributed by atoms with van der Waals surface area (Å²) in [5.41, 5.74) is 5.67. The van der Waals surface area contributed by atoms with Crippen LogP contribution in [0.5, 0.6) is 0 Å². The Bertz CT molecular complexity index is 436. The molecule has 7 heteroatoms. The van der Waals surface area contributed by atoms with E-state index in [2.05, 4.69) is 4.98 Å². The molecule has 0 radical (unpaired) electrons. The highest BCUT2D eigenvalue weighted by Crippen LogP contribution is 2.25. The third kappa shape index (κ3) is 3.63. The first-order chi connectivity index (χ1) is 8.06. The number of carbonyl (C=O) groups is 2. The summed E-state index contributed by atoms with van der Waals surface area (Å²) in [6.45, 7) is 2.01. The maximum absolute atomic E-state index is 11.1. The van der Waals surface area contributed by atoms with Crippen LogP contribution in [0.15, 0.2) is 17.3 Å². The van der Waals surface area contributed by atoms with Crippen molar-refractivity contribution in [1.82, 2.24) is 4.98 Å². The molecule has 0 atom stereocenters. The third-order valence-electron chi connectivity index (χ3n) is 1.82. The Morgan fingerprint density at radius 2 is 2.29 bits per heavy atom. The molecule has 0 aliphatic rings. The second-order valence-corrected chi connectivity index (χ2v) is 3.94. The van der Waals surface area contributed by atoms with Crippen molar-refractivity contribution in [2.75, 3.05) is 18.1 Å². The zero-order valence-electron chi connectivity index (χ0n) is 9.17. The quantitative estimate of drug-likeness (QED) is 0.598. The van der Waals surface area contributed by atoms with Crippen LogP contribution in [0.4, 0.5) is 5.69 Å². The molecule has 0 fully saturated rings. The Morgan fingerprint density at radius 3 is 2.88 bits per heavy atom. The predicted molar refractivity (Wildman–Crippen MR) is 63.0 cm³/mol. The third-order valence-corrected chi connectivity index (χ3v) is 2.79. The normalized spacial score (nSPS) is 9.94. The Labute approximate surface area is 102 Å². The summed E-state index contributed by atoms with van der Waals surface area (Å²) in [4.78, 5) is 25.8. The average molecular weight is 256 g/mol. The van der Waals surface area contributed by atoms with Gasteiger partial charge in [-0.15, -0.1) is 0 Å². The van der Waals surface area contributed by atoms with Crippen LogP contribution < -0.4 is 5.73 Å². The summed E-state index contributed by atoms with van der Waals surface area (Å²) in [6.07, 6.45) is 1.34. The topological polar surface area (TPSA) is 103 Å². The molecule has 0 bridgehead atoms. The van der Waals surface area contributed by atoms with E-state index < -0.39 is 5.97 Å². The lowest BCUT2D eigenvalue weighted by molar-refractivity contribution is -0.139. The highest BCUT2D eigenvalue weighted by atomic mass is 32.2. The first-order valence-corrected chi connectivity index (χ1v) is 5.81. The first kappa shape index (κ1) is 13.3. The van der Waals surface area contributed by atoms with E-state index >= 15 is 0 Å². The Hall–Kier alpha value is -1.76. The van der Waals surface area contributed by atoms with Gasteiger partial charge in [0.1, 0.15) is 5.03 Å². The number of nitrogens with zero attached hydrogens (tertiary/aromatic N) is 1. The molecule has 6 nitrogen and oxygen atoms in total. The number of carbonyl (C=O) groups excluding carboxylic acids is 1. The number of thioether (sulfide) groups is 1. The molecule has 3 N–H and O–H groups in total. The summed E-state index contributed by atoms with van der Waals surface area (Å²) in [7, 11) is 0. The lowest BCUT2D eigenvalue weighted by Crippen LogP contribution is -2.08. The Balaban J connectivity index is 2.75. The molecular weight excluding hydrogens is 244 g/mol. The number of nitrogen functional groups attached to an aromatic ring is 1. The maximum atomic E-state index is 11.1. The van der Waals surface area contributed by atoms with Crippen molar-refractivity contribution in [2.24, 2.45) is 0 Å². The fraction of sp³-hybridized carbons (Fsp3) is 0.300. The van der Waals surface area contributed by atoms with Crippen molar-refractivity contribution >= 4 is 29.4 Å². The number of carboxylic acid groups (broad SMARTS) is 1. The molecule has 1 rings (SSSR count). The van der Waals surface area contributed by atoms with Gasteiger partial charge in [-0.25, -0.2) is 9.78 Å². The number of hydrogen-bond acceptors (Lipinski definition) is 6. The van der Waals surface area contributed by atoms with Gasteiger partial charge in [-0.2, -0.15) is 0 Å². The second kappa shape index (κ2) is 6.09. The van der Waals surface area contributed by atoms with Crippen LogP contribution in [0.1, 0.15) is 17.3 Å². The van der Waals surface area contributed by atoms with Gasteiger partial charge in [-0.3, -0.25) is 4.79 Å². The summed E-state index contributed by atoms with van der Waals surface area (Å²) in [5.74, 6) is -1.46. The highest BCUT2D eigenvalue weighted by Gasteiger charge is 2.13. The van der Waals surface area contributed by atoms with E-state index in [0.717, 1.165) is 11.8 Å². The lowest BCUT2D eigenvalue weighted by atomic mass is 10.2. The van der Waals surface area contributed by atoms with E-state index in [0.29, 0.717) is 11.6 Å². The second-order valence-electron chi connectivity index (χ2n) is 2.98. The zero-order valence-corrected chi connectivity index (χ0v) is 9.99. The van der Waals surface area contributed by atoms with Crippen molar-refractivity contribution in [2.45, 2.75) is 11.9 Å². The van der Waals surface area contributed by atoms with Crippen LogP contribution >= 0.6 is 11.8 Å². The van der Waals surface area contributed by atoms with Gasteiger partial charge in [-0.05, 0) is 13.0 Å². The van der Waals surface area contributed by atoms with E-state index in [1.54, 1.807) is 6.92 Å². The van der Waals surface area contributed by atoms with E-state index in [9.17, 15) is 9.59 Å². The van der Waals surface area contributed by atoms with Crippen LogP contribution in [0.25, 0.3) is 0 Å². The lowest BCUT2D eigenvalue weighted by Gasteiger charge is -2.06. The monoisotopic (exact) mass is 256 g/mol. The summed E-state index contributed by atoms with van der Waals surface area (Å²) in [6, 6.07) is 1.31. The van der Waals surface area contributed by atoms with Gasteiger partial charge >= 0.3 is 11.9 Å². The number of anilines is 1. The summed E-state index contributed by atoms with van der Waals surface area (Å²) < 4.78 is 4.74. The minimum Gasteiger partial charge on any atom is -0.478 e. The standard InChI is InChI=1S/C10H12N2O4S/c1-2-16-7(13)5-17-9-8(11)6(10(14)15)3-4-12-9/h3-4H,2,5,11H2,1H3,(H,14,15). The van der Waals surface area contributed by atoms with E-state index in [1.165, 1.54) is 12.3 Å². The van der Waals surface area contributed by atoms with Crippen LogP contribution in [0.3, 0.4) is 0 Å². The van der Waals surface area contributed by atoms with Gasteiger partial charge in [0.15, 0.2) is 0 Å². The Morgan fingerprint density at radius 1 is 1.59 bits per heavy atom. The van der Waals surface area contributed by atoms with Gasteiger partial charge in [0.05, 0.1) is 23.6 Å². The average Bonchev–Trinajstić information content (AvgIpc) is 2.27. The van der Waals surface area contributed by atoms with Crippen LogP contribution in [0.2, 0.25) is 0 Å². The fourth-order valence-electron chi connectivity index (χ4n) is 1.09. The molecule has 92 valence electrons. The SMILES string of the molecule is CCOC(=O)CSc1nccc(C(=O)O)c1N. The Kier molecular flexibility index (Phi) is 4.77. The number of hydrogen-bond donors (Lipinski definition) is 2. The fourth-order valence-corrected chi connectivity index (χ4v) is 1.82. The van der Waals surface area contributed by atoms with Crippen molar-refractivity contribution < 1.29 is 19.4 Å². The minimum absolute atomic E-state index is 0.0219. The number of aromatic carboxylic acids is 1. The maximum Gasteiger partial charge on any atom is 0.337 e. The van der Waals surface area contributed by atoms with Gasteiger partial charge in [0.2, 0.25) is 0 Å². The molecule has 0 aliphatic carbocycles. The van der Waals surface area contributed by atoms with Crippen LogP contribution in [0, 0.1) is 0 Å². The van der Waals surface area contributed by atoms with Crippen molar-refractivity contribution in [3.63, 3.8) is 0 Å². The van der Waals surface area contributed by atoms with E-state index in [-0.39, 0.29) is 23.0 Å². The molecule has 17 heavy (non-hydrogen) atoms. The molecule has 0 aromatic carbocycles. The van der Waals surface area contributed by atoms with Gasteiger partial charge in [0, 0.05) is 6.20 Å². The molecule has 0 unspecified atom stereocenters. The minimum atomic E-state index is -1.12. The molecule has 1 aromatic heterocycles. The van der Waals surface area contributed by atoms with Gasteiger partial charge in [0.25, 0.3) is 0 Å². The molecular formula is C10H12N2O4S. The van der Waals surface area contributed by atoms with Crippen LogP contribution in [-0.2, 0) is 9.53 Å². The first-order valence-electron chi connectivity index (χ1n) is 4.82. The molecule has 0 spiro atoms. The number of aromatic nitrogens is 1.